The number of carbonyl (C=O) groups excluding carboxylic acids is 2. The lowest BCUT2D eigenvalue weighted by Crippen LogP contribution is -2.41. The summed E-state index contributed by atoms with van der Waals surface area (Å²) >= 11 is 0. The van der Waals surface area contributed by atoms with E-state index in [0.717, 1.165) is 0 Å². The van der Waals surface area contributed by atoms with Crippen LogP contribution in [0.3, 0.4) is 0 Å². The Morgan fingerprint density at radius 3 is 2.38 bits per heavy atom. The number of rotatable bonds is 6. The Labute approximate surface area is 122 Å². The van der Waals surface area contributed by atoms with E-state index in [2.05, 4.69) is 16.6 Å². The number of aliphatic carboxylic acids is 1. The van der Waals surface area contributed by atoms with Gasteiger partial charge < -0.3 is 15.7 Å². The van der Waals surface area contributed by atoms with Crippen LogP contribution in [0.1, 0.15) is 18.9 Å². The minimum absolute atomic E-state index is 0.0364. The SMILES string of the molecule is C#CCC(NC(=O)Cc1ccc(NC(C)=O)cc1)C(=O)O. The fourth-order valence-corrected chi connectivity index (χ4v) is 1.66. The normalized spacial score (nSPS) is 11.0. The topological polar surface area (TPSA) is 95.5 Å². The van der Waals surface area contributed by atoms with Gasteiger partial charge in [0, 0.05) is 19.0 Å². The number of hydrogen-bond acceptors (Lipinski definition) is 3. The summed E-state index contributed by atoms with van der Waals surface area (Å²) in [5.41, 5.74) is 1.33. The van der Waals surface area contributed by atoms with Crippen molar-refractivity contribution in [1.29, 1.82) is 0 Å². The molecule has 3 N–H and O–H groups in total. The third-order valence-corrected chi connectivity index (χ3v) is 2.59. The van der Waals surface area contributed by atoms with Gasteiger partial charge in [0.05, 0.1) is 6.42 Å². The van der Waals surface area contributed by atoms with Crippen molar-refractivity contribution in [3.05, 3.63) is 29.8 Å². The highest BCUT2D eigenvalue weighted by molar-refractivity contribution is 5.89. The van der Waals surface area contributed by atoms with Gasteiger partial charge in [-0.3, -0.25) is 9.59 Å². The van der Waals surface area contributed by atoms with Gasteiger partial charge in [0.2, 0.25) is 11.8 Å². The molecule has 0 aromatic heterocycles. The number of terminal acetylenes is 1. The number of hydrogen-bond donors (Lipinski definition) is 3. The maximum atomic E-state index is 11.8. The van der Waals surface area contributed by atoms with Crippen molar-refractivity contribution in [3.8, 4) is 12.3 Å². The van der Waals surface area contributed by atoms with E-state index in [9.17, 15) is 14.4 Å². The van der Waals surface area contributed by atoms with Crippen LogP contribution in [0, 0.1) is 12.3 Å². The molecule has 0 aliphatic heterocycles. The first-order chi connectivity index (χ1) is 9.92. The van der Waals surface area contributed by atoms with Crippen LogP contribution in [-0.2, 0) is 20.8 Å². The summed E-state index contributed by atoms with van der Waals surface area (Å²) in [5.74, 6) is 0.436. The van der Waals surface area contributed by atoms with E-state index in [1.165, 1.54) is 6.92 Å². The molecule has 1 aromatic rings. The van der Waals surface area contributed by atoms with Crippen LogP contribution in [0.4, 0.5) is 5.69 Å². The number of carbonyl (C=O) groups is 3. The van der Waals surface area contributed by atoms with Crippen molar-refractivity contribution in [2.45, 2.75) is 25.8 Å². The molecule has 0 bridgehead atoms. The summed E-state index contributed by atoms with van der Waals surface area (Å²) in [7, 11) is 0. The van der Waals surface area contributed by atoms with Crippen LogP contribution in [0.15, 0.2) is 24.3 Å². The molecule has 0 fully saturated rings. The third-order valence-electron chi connectivity index (χ3n) is 2.59. The number of benzene rings is 1. The zero-order valence-corrected chi connectivity index (χ0v) is 11.6. The predicted molar refractivity (Wildman–Crippen MR) is 77.5 cm³/mol. The van der Waals surface area contributed by atoms with Gasteiger partial charge in [-0.2, -0.15) is 0 Å². The van der Waals surface area contributed by atoms with Gasteiger partial charge in [0.1, 0.15) is 6.04 Å². The summed E-state index contributed by atoms with van der Waals surface area (Å²) in [6, 6.07) is 5.62. The smallest absolute Gasteiger partial charge is 0.327 e. The molecule has 6 nitrogen and oxygen atoms in total. The first-order valence-corrected chi connectivity index (χ1v) is 6.24. The Morgan fingerprint density at radius 2 is 1.90 bits per heavy atom. The average Bonchev–Trinajstić information content (AvgIpc) is 2.40. The van der Waals surface area contributed by atoms with Crippen LogP contribution >= 0.6 is 0 Å². The molecule has 1 rings (SSSR count). The molecule has 0 heterocycles. The quantitative estimate of drug-likeness (QED) is 0.674. The molecule has 1 aromatic carbocycles. The number of carboxylic acid groups (broad SMARTS) is 1. The molecule has 0 saturated carbocycles. The fourth-order valence-electron chi connectivity index (χ4n) is 1.66. The summed E-state index contributed by atoms with van der Waals surface area (Å²) in [5, 5.41) is 13.9. The van der Waals surface area contributed by atoms with Gasteiger partial charge >= 0.3 is 5.97 Å². The number of anilines is 1. The second kappa shape index (κ2) is 7.70. The van der Waals surface area contributed by atoms with Crippen molar-refractivity contribution in [2.75, 3.05) is 5.32 Å². The molecule has 0 aliphatic rings. The zero-order chi connectivity index (χ0) is 15.8. The van der Waals surface area contributed by atoms with E-state index < -0.39 is 17.9 Å². The summed E-state index contributed by atoms with van der Waals surface area (Å²) in [6.07, 6.45) is 5.02. The Balaban J connectivity index is 2.60. The summed E-state index contributed by atoms with van der Waals surface area (Å²) < 4.78 is 0. The fraction of sp³-hybridized carbons (Fsp3) is 0.267. The maximum absolute atomic E-state index is 11.8. The molecule has 6 heteroatoms. The average molecular weight is 288 g/mol. The van der Waals surface area contributed by atoms with Crippen molar-refractivity contribution in [3.63, 3.8) is 0 Å². The van der Waals surface area contributed by atoms with E-state index in [0.29, 0.717) is 11.3 Å². The van der Waals surface area contributed by atoms with E-state index in [1.54, 1.807) is 24.3 Å². The molecule has 0 radical (unpaired) electrons. The van der Waals surface area contributed by atoms with E-state index >= 15 is 0 Å². The van der Waals surface area contributed by atoms with Crippen LogP contribution in [0.2, 0.25) is 0 Å². The van der Waals surface area contributed by atoms with Crippen molar-refractivity contribution < 1.29 is 19.5 Å². The van der Waals surface area contributed by atoms with Crippen LogP contribution in [0.25, 0.3) is 0 Å². The van der Waals surface area contributed by atoms with Crippen LogP contribution in [-0.4, -0.2) is 28.9 Å². The third kappa shape index (κ3) is 5.78. The number of nitrogens with one attached hydrogen (secondary N) is 2. The Hall–Kier alpha value is -2.81. The van der Waals surface area contributed by atoms with E-state index in [4.69, 9.17) is 11.5 Å². The van der Waals surface area contributed by atoms with Gasteiger partial charge in [-0.05, 0) is 17.7 Å². The predicted octanol–water partition coefficient (Wildman–Crippen LogP) is 0.780. The standard InChI is InChI=1S/C15H16N2O4/c1-3-4-13(15(20)21)17-14(19)9-11-5-7-12(8-6-11)16-10(2)18/h1,5-8,13H,4,9H2,2H3,(H,16,18)(H,17,19)(H,20,21). The van der Waals surface area contributed by atoms with Crippen molar-refractivity contribution >= 4 is 23.5 Å². The highest BCUT2D eigenvalue weighted by atomic mass is 16.4. The van der Waals surface area contributed by atoms with Gasteiger partial charge in [0.25, 0.3) is 0 Å². The summed E-state index contributed by atoms with van der Waals surface area (Å²) in [4.78, 5) is 33.5. The second-order valence-electron chi connectivity index (χ2n) is 4.42. The second-order valence-corrected chi connectivity index (χ2v) is 4.42. The molecule has 0 aliphatic carbocycles. The molecule has 21 heavy (non-hydrogen) atoms. The molecular formula is C15H16N2O4. The molecule has 110 valence electrons. The van der Waals surface area contributed by atoms with Crippen molar-refractivity contribution in [1.82, 2.24) is 5.32 Å². The zero-order valence-electron chi connectivity index (χ0n) is 11.6. The van der Waals surface area contributed by atoms with E-state index in [1.807, 2.05) is 0 Å². The molecule has 1 unspecified atom stereocenters. The van der Waals surface area contributed by atoms with Gasteiger partial charge in [-0.15, -0.1) is 12.3 Å². The molecule has 1 atom stereocenters. The molecule has 2 amide bonds. The Morgan fingerprint density at radius 1 is 1.29 bits per heavy atom. The van der Waals surface area contributed by atoms with Gasteiger partial charge in [-0.25, -0.2) is 4.79 Å². The first-order valence-electron chi connectivity index (χ1n) is 6.24. The minimum Gasteiger partial charge on any atom is -0.480 e. The van der Waals surface area contributed by atoms with E-state index in [-0.39, 0.29) is 18.7 Å². The van der Waals surface area contributed by atoms with Crippen LogP contribution < -0.4 is 10.6 Å². The van der Waals surface area contributed by atoms with Gasteiger partial charge in [0.15, 0.2) is 0 Å². The molecule has 0 saturated heterocycles. The monoisotopic (exact) mass is 288 g/mol. The summed E-state index contributed by atoms with van der Waals surface area (Å²) in [6.45, 7) is 1.40. The van der Waals surface area contributed by atoms with Crippen molar-refractivity contribution in [2.24, 2.45) is 0 Å². The Kier molecular flexibility index (Phi) is 5.96. The van der Waals surface area contributed by atoms with Crippen LogP contribution in [0.5, 0.6) is 0 Å². The lowest BCUT2D eigenvalue weighted by atomic mass is 10.1. The highest BCUT2D eigenvalue weighted by Crippen LogP contribution is 2.10. The lowest BCUT2D eigenvalue weighted by molar-refractivity contribution is -0.141. The first kappa shape index (κ1) is 16.2. The maximum Gasteiger partial charge on any atom is 0.327 e. The number of carboxylic acids is 1. The largest absolute Gasteiger partial charge is 0.480 e. The Bertz CT molecular complexity index is 572. The highest BCUT2D eigenvalue weighted by Gasteiger charge is 2.18. The van der Waals surface area contributed by atoms with Gasteiger partial charge in [-0.1, -0.05) is 12.1 Å². The lowest BCUT2D eigenvalue weighted by Gasteiger charge is -2.12. The molecular weight excluding hydrogens is 272 g/mol. The number of amides is 2. The molecule has 0 spiro atoms. The minimum atomic E-state index is -1.16.